The molecule has 1 fully saturated rings. The molecule has 1 unspecified atom stereocenters. The average molecular weight is 381 g/mol. The summed E-state index contributed by atoms with van der Waals surface area (Å²) in [5.41, 5.74) is 0. The van der Waals surface area contributed by atoms with Crippen molar-refractivity contribution in [1.82, 2.24) is 19.7 Å². The van der Waals surface area contributed by atoms with E-state index < -0.39 is 0 Å². The maximum atomic E-state index is 12.5. The van der Waals surface area contributed by atoms with E-state index in [0.717, 1.165) is 25.2 Å². The fraction of sp³-hybridized carbons (Fsp3) is 0.471. The molecule has 1 saturated heterocycles. The fourth-order valence-corrected chi connectivity index (χ4v) is 3.44. The monoisotopic (exact) mass is 380 g/mol. The number of hydrogen-bond donors (Lipinski definition) is 1. The summed E-state index contributed by atoms with van der Waals surface area (Å²) in [4.78, 5) is 14.4. The Kier molecular flexibility index (Phi) is 5.75. The van der Waals surface area contributed by atoms with E-state index in [1.807, 2.05) is 28.6 Å². The Hall–Kier alpha value is -1.86. The van der Waals surface area contributed by atoms with Crippen molar-refractivity contribution in [2.75, 3.05) is 19.7 Å². The number of nitrogens with one attached hydrogen (secondary N) is 1. The highest BCUT2D eigenvalue weighted by atomic mass is 35.5. The van der Waals surface area contributed by atoms with E-state index >= 15 is 0 Å². The molecule has 0 spiro atoms. The van der Waals surface area contributed by atoms with Crippen molar-refractivity contribution in [3.8, 4) is 5.75 Å². The molecule has 1 aliphatic heterocycles. The highest BCUT2D eigenvalue weighted by Gasteiger charge is 2.27. The van der Waals surface area contributed by atoms with Gasteiger partial charge in [0.2, 0.25) is 5.91 Å². The number of piperidine rings is 1. The van der Waals surface area contributed by atoms with Crippen molar-refractivity contribution in [2.45, 2.75) is 25.2 Å². The maximum absolute atomic E-state index is 12.5. The second-order valence-corrected chi connectivity index (χ2v) is 6.95. The van der Waals surface area contributed by atoms with Crippen LogP contribution in [0.2, 0.25) is 5.02 Å². The number of likely N-dealkylation sites (tertiary alicyclic amines) is 1. The first-order chi connectivity index (χ1) is 12.1. The minimum atomic E-state index is 0.0912. The molecule has 3 rings (SSSR count). The largest absolute Gasteiger partial charge is 0.491 e. The molecule has 2 aromatic rings. The van der Waals surface area contributed by atoms with Gasteiger partial charge in [0.25, 0.3) is 0 Å². The van der Waals surface area contributed by atoms with Gasteiger partial charge >= 0.3 is 0 Å². The molecule has 0 radical (unpaired) electrons. The zero-order valence-electron chi connectivity index (χ0n) is 14.1. The van der Waals surface area contributed by atoms with E-state index in [1.165, 1.54) is 0 Å². The first kappa shape index (κ1) is 17.9. The van der Waals surface area contributed by atoms with Gasteiger partial charge in [0, 0.05) is 26.1 Å². The van der Waals surface area contributed by atoms with Crippen LogP contribution < -0.4 is 4.74 Å². The Morgan fingerprint density at radius 3 is 3.00 bits per heavy atom. The number of para-hydroxylation sites is 1. The highest BCUT2D eigenvalue weighted by molar-refractivity contribution is 7.71. The van der Waals surface area contributed by atoms with Crippen molar-refractivity contribution in [3.63, 3.8) is 0 Å². The molecule has 8 heteroatoms. The number of H-pyrrole nitrogens is 1. The lowest BCUT2D eigenvalue weighted by Crippen LogP contribution is -2.40. The lowest BCUT2D eigenvalue weighted by atomic mass is 9.97. The Morgan fingerprint density at radius 1 is 1.48 bits per heavy atom. The molecule has 1 N–H and O–H groups in total. The smallest absolute Gasteiger partial charge is 0.226 e. The zero-order valence-corrected chi connectivity index (χ0v) is 15.6. The van der Waals surface area contributed by atoms with E-state index in [2.05, 4.69) is 10.2 Å². The molecule has 6 nitrogen and oxygen atoms in total. The summed E-state index contributed by atoms with van der Waals surface area (Å²) in [5.74, 6) is 1.82. The van der Waals surface area contributed by atoms with E-state index in [1.54, 1.807) is 12.1 Å². The third-order valence-corrected chi connectivity index (χ3v) is 5.14. The van der Waals surface area contributed by atoms with Crippen LogP contribution in [0.4, 0.5) is 0 Å². The second kappa shape index (κ2) is 8.01. The summed E-state index contributed by atoms with van der Waals surface area (Å²) in [7, 11) is 1.90. The summed E-state index contributed by atoms with van der Waals surface area (Å²) < 4.78 is 8.10. The normalized spacial score (nSPS) is 17.5. The minimum absolute atomic E-state index is 0.0912. The predicted molar refractivity (Wildman–Crippen MR) is 98.5 cm³/mol. The molecule has 1 aliphatic rings. The van der Waals surface area contributed by atoms with Crippen molar-refractivity contribution in [2.24, 2.45) is 7.05 Å². The minimum Gasteiger partial charge on any atom is -0.491 e. The average Bonchev–Trinajstić information content (AvgIpc) is 2.96. The van der Waals surface area contributed by atoms with Gasteiger partial charge in [-0.05, 0) is 37.2 Å². The van der Waals surface area contributed by atoms with Gasteiger partial charge in [-0.25, -0.2) is 0 Å². The Labute approximate surface area is 156 Å². The van der Waals surface area contributed by atoms with Crippen LogP contribution in [0.5, 0.6) is 5.75 Å². The van der Waals surface area contributed by atoms with Crippen molar-refractivity contribution in [1.29, 1.82) is 0 Å². The van der Waals surface area contributed by atoms with Gasteiger partial charge in [-0.15, -0.1) is 0 Å². The van der Waals surface area contributed by atoms with Crippen LogP contribution in [0.15, 0.2) is 24.3 Å². The number of aromatic amines is 1. The van der Waals surface area contributed by atoms with Crippen molar-refractivity contribution in [3.05, 3.63) is 39.9 Å². The zero-order chi connectivity index (χ0) is 17.8. The number of rotatable bonds is 5. The van der Waals surface area contributed by atoms with E-state index in [-0.39, 0.29) is 11.8 Å². The maximum Gasteiger partial charge on any atom is 0.226 e. The molecular formula is C17H21ClN4O2S. The predicted octanol–water partition coefficient (Wildman–Crippen LogP) is 3.31. The molecule has 0 saturated carbocycles. The standard InChI is InChI=1S/C17H21ClN4O2S/c1-21-16(19-20-17(21)25)12-5-4-9-22(11-12)15(23)8-10-24-14-7-3-2-6-13(14)18/h2-3,6-7,12H,4-5,8-11H2,1H3,(H,20,25). The quantitative estimate of drug-likeness (QED) is 0.808. The second-order valence-electron chi connectivity index (χ2n) is 6.15. The molecule has 25 heavy (non-hydrogen) atoms. The molecule has 0 bridgehead atoms. The van der Waals surface area contributed by atoms with Crippen LogP contribution in [0.25, 0.3) is 0 Å². The highest BCUT2D eigenvalue weighted by Crippen LogP contribution is 2.26. The van der Waals surface area contributed by atoms with Crippen LogP contribution in [-0.4, -0.2) is 45.3 Å². The number of halogens is 1. The van der Waals surface area contributed by atoms with E-state index in [4.69, 9.17) is 28.6 Å². The van der Waals surface area contributed by atoms with Crippen LogP contribution in [0, 0.1) is 4.77 Å². The van der Waals surface area contributed by atoms with Gasteiger partial charge in [0.05, 0.1) is 18.1 Å². The first-order valence-electron chi connectivity index (χ1n) is 8.32. The van der Waals surface area contributed by atoms with Crippen LogP contribution >= 0.6 is 23.8 Å². The van der Waals surface area contributed by atoms with E-state index in [0.29, 0.717) is 35.1 Å². The molecule has 1 aromatic carbocycles. The lowest BCUT2D eigenvalue weighted by molar-refractivity contribution is -0.133. The van der Waals surface area contributed by atoms with Crippen molar-refractivity contribution < 1.29 is 9.53 Å². The Balaban J connectivity index is 1.54. The number of hydrogen-bond acceptors (Lipinski definition) is 4. The molecule has 134 valence electrons. The number of amides is 1. The Bertz CT molecular complexity index is 804. The van der Waals surface area contributed by atoms with E-state index in [9.17, 15) is 4.79 Å². The van der Waals surface area contributed by atoms with Gasteiger partial charge in [-0.1, -0.05) is 23.7 Å². The fourth-order valence-electron chi connectivity index (χ4n) is 3.11. The SMILES string of the molecule is Cn1c(C2CCCN(C(=O)CCOc3ccccc3Cl)C2)n[nH]c1=S. The Morgan fingerprint density at radius 2 is 2.28 bits per heavy atom. The summed E-state index contributed by atoms with van der Waals surface area (Å²) in [6.45, 7) is 1.75. The number of carbonyl (C=O) groups is 1. The van der Waals surface area contributed by atoms with Gasteiger partial charge in [-0.2, -0.15) is 5.10 Å². The van der Waals surface area contributed by atoms with Crippen LogP contribution in [-0.2, 0) is 11.8 Å². The van der Waals surface area contributed by atoms with Crippen LogP contribution in [0.3, 0.4) is 0 Å². The molecule has 1 amide bonds. The first-order valence-corrected chi connectivity index (χ1v) is 9.11. The lowest BCUT2D eigenvalue weighted by Gasteiger charge is -2.32. The third kappa shape index (κ3) is 4.22. The van der Waals surface area contributed by atoms with Gasteiger partial charge in [0.1, 0.15) is 11.6 Å². The van der Waals surface area contributed by atoms with Crippen LogP contribution in [0.1, 0.15) is 31.0 Å². The van der Waals surface area contributed by atoms with Gasteiger partial charge in [0.15, 0.2) is 4.77 Å². The van der Waals surface area contributed by atoms with Crippen molar-refractivity contribution >= 4 is 29.7 Å². The molecular weight excluding hydrogens is 360 g/mol. The number of aromatic nitrogens is 3. The summed E-state index contributed by atoms with van der Waals surface area (Å²) in [5, 5.41) is 7.68. The number of benzene rings is 1. The molecule has 1 atom stereocenters. The molecule has 0 aliphatic carbocycles. The number of nitrogens with zero attached hydrogens (tertiary/aromatic N) is 3. The number of carbonyl (C=O) groups excluding carboxylic acids is 1. The molecule has 2 heterocycles. The molecule has 1 aromatic heterocycles. The summed E-state index contributed by atoms with van der Waals surface area (Å²) in [6.07, 6.45) is 2.30. The number of ether oxygens (including phenoxy) is 1. The van der Waals surface area contributed by atoms with Gasteiger partial charge in [-0.3, -0.25) is 9.89 Å². The third-order valence-electron chi connectivity index (χ3n) is 4.46. The summed E-state index contributed by atoms with van der Waals surface area (Å²) >= 11 is 11.2. The topological polar surface area (TPSA) is 63.1 Å². The van der Waals surface area contributed by atoms with Gasteiger partial charge < -0.3 is 14.2 Å². The summed E-state index contributed by atoms with van der Waals surface area (Å²) in [6, 6.07) is 7.27.